The molecule has 0 aliphatic carbocycles. The van der Waals surface area contributed by atoms with E-state index in [-0.39, 0.29) is 0 Å². The third kappa shape index (κ3) is 2.19. The molecule has 0 bridgehead atoms. The Kier molecular flexibility index (Phi) is 3.16. The zero-order valence-electron chi connectivity index (χ0n) is 11.4. The lowest BCUT2D eigenvalue weighted by Crippen LogP contribution is -2.06. The first-order valence-electron chi connectivity index (χ1n) is 6.91. The van der Waals surface area contributed by atoms with Crippen LogP contribution in [0.1, 0.15) is 38.2 Å². The van der Waals surface area contributed by atoms with E-state index in [4.69, 9.17) is 10.1 Å². The number of hydrogen-bond acceptors (Lipinski definition) is 1. The van der Waals surface area contributed by atoms with Gasteiger partial charge in [0.2, 0.25) is 0 Å². The molecule has 0 spiro atoms. The topological polar surface area (TPSA) is 23.3 Å². The van der Waals surface area contributed by atoms with E-state index in [0.717, 1.165) is 22.9 Å². The molecule has 0 amide bonds. The molecule has 1 radical (unpaired) electrons. The van der Waals surface area contributed by atoms with Crippen molar-refractivity contribution < 1.29 is 4.74 Å². The molecule has 1 aliphatic rings. The highest BCUT2D eigenvalue weighted by Gasteiger charge is 2.22. The molecule has 0 fully saturated rings. The Morgan fingerprint density at radius 1 is 1.05 bits per heavy atom. The molecular weight excluding hydrogens is 234 g/mol. The smallest absolute Gasteiger partial charge is 0.153 e. The van der Waals surface area contributed by atoms with Gasteiger partial charge in [-0.05, 0) is 36.1 Å². The molecule has 1 unspecified atom stereocenters. The lowest BCUT2D eigenvalue weighted by molar-refractivity contribution is 0.469. The standard InChI is InChI=1S/C17H18NO/c1-3-7-12(2)13-8-6-11-16-17(13)18-14-9-4-5-10-15(14)19-16/h4-6,8-12H,3,7H2,1-2H3. The van der Waals surface area contributed by atoms with Crippen LogP contribution in [0, 0.1) is 0 Å². The van der Waals surface area contributed by atoms with Gasteiger partial charge in [0.25, 0.3) is 0 Å². The zero-order chi connectivity index (χ0) is 13.2. The van der Waals surface area contributed by atoms with Crippen molar-refractivity contribution in [3.8, 4) is 11.5 Å². The van der Waals surface area contributed by atoms with E-state index in [1.807, 2.05) is 30.3 Å². The van der Waals surface area contributed by atoms with Gasteiger partial charge >= 0.3 is 0 Å². The molecule has 1 atom stereocenters. The first-order valence-corrected chi connectivity index (χ1v) is 6.91. The largest absolute Gasteiger partial charge is 0.453 e. The van der Waals surface area contributed by atoms with Crippen molar-refractivity contribution in [2.24, 2.45) is 0 Å². The van der Waals surface area contributed by atoms with Gasteiger partial charge in [0, 0.05) is 0 Å². The number of rotatable bonds is 3. The van der Waals surface area contributed by atoms with Crippen LogP contribution < -0.4 is 10.1 Å². The Bertz CT molecular complexity index is 592. The summed E-state index contributed by atoms with van der Waals surface area (Å²) in [6.07, 6.45) is 2.36. The molecule has 0 saturated carbocycles. The van der Waals surface area contributed by atoms with Crippen molar-refractivity contribution in [1.29, 1.82) is 0 Å². The van der Waals surface area contributed by atoms with Gasteiger partial charge in [0.15, 0.2) is 11.5 Å². The van der Waals surface area contributed by atoms with E-state index in [0.29, 0.717) is 5.92 Å². The molecule has 3 rings (SSSR count). The zero-order valence-corrected chi connectivity index (χ0v) is 11.4. The summed E-state index contributed by atoms with van der Waals surface area (Å²) in [6.45, 7) is 4.48. The van der Waals surface area contributed by atoms with E-state index in [2.05, 4.69) is 26.0 Å². The fourth-order valence-corrected chi connectivity index (χ4v) is 2.60. The van der Waals surface area contributed by atoms with Crippen LogP contribution in [0.15, 0.2) is 42.5 Å². The fraction of sp³-hybridized carbons (Fsp3) is 0.294. The molecule has 2 nitrogen and oxygen atoms in total. The minimum Gasteiger partial charge on any atom is -0.453 e. The maximum atomic E-state index is 5.95. The molecule has 2 aromatic carbocycles. The van der Waals surface area contributed by atoms with Crippen molar-refractivity contribution in [3.63, 3.8) is 0 Å². The minimum atomic E-state index is 0.512. The van der Waals surface area contributed by atoms with Crippen LogP contribution in [-0.4, -0.2) is 0 Å². The summed E-state index contributed by atoms with van der Waals surface area (Å²) in [7, 11) is 0. The Balaban J connectivity index is 2.01. The molecular formula is C17H18NO. The number of fused-ring (bicyclic) bond motifs is 2. The lowest BCUT2D eigenvalue weighted by Gasteiger charge is -2.24. The summed E-state index contributed by atoms with van der Waals surface area (Å²) in [5.74, 6) is 2.23. The van der Waals surface area contributed by atoms with Crippen molar-refractivity contribution in [2.75, 3.05) is 0 Å². The van der Waals surface area contributed by atoms with Gasteiger partial charge in [-0.2, -0.15) is 0 Å². The number of hydrogen-bond donors (Lipinski definition) is 0. The van der Waals surface area contributed by atoms with Gasteiger partial charge in [-0.25, -0.2) is 5.32 Å². The molecule has 0 saturated heterocycles. The summed E-state index contributed by atoms with van der Waals surface area (Å²) in [4.78, 5) is 0. The summed E-state index contributed by atoms with van der Waals surface area (Å²) in [5, 5.41) is 4.79. The van der Waals surface area contributed by atoms with Crippen molar-refractivity contribution in [2.45, 2.75) is 32.6 Å². The third-order valence-corrected chi connectivity index (χ3v) is 3.60. The molecule has 0 N–H and O–H groups in total. The van der Waals surface area contributed by atoms with Crippen molar-refractivity contribution in [1.82, 2.24) is 5.32 Å². The number of nitrogens with zero attached hydrogens (tertiary/aromatic N) is 1. The summed E-state index contributed by atoms with van der Waals surface area (Å²) in [6, 6.07) is 14.2. The van der Waals surface area contributed by atoms with Crippen molar-refractivity contribution >= 4 is 11.4 Å². The van der Waals surface area contributed by atoms with Gasteiger partial charge in [0.1, 0.15) is 11.4 Å². The molecule has 2 heteroatoms. The maximum absolute atomic E-state index is 5.95. The van der Waals surface area contributed by atoms with Crippen LogP contribution in [0.2, 0.25) is 0 Å². The van der Waals surface area contributed by atoms with E-state index in [1.54, 1.807) is 0 Å². The second kappa shape index (κ2) is 4.96. The number of ether oxygens (including phenoxy) is 1. The second-order valence-corrected chi connectivity index (χ2v) is 5.07. The normalized spacial score (nSPS) is 13.8. The summed E-state index contributed by atoms with van der Waals surface area (Å²) >= 11 is 0. The van der Waals surface area contributed by atoms with Gasteiger partial charge < -0.3 is 4.74 Å². The molecule has 97 valence electrons. The fourth-order valence-electron chi connectivity index (χ4n) is 2.60. The van der Waals surface area contributed by atoms with Crippen LogP contribution >= 0.6 is 0 Å². The Morgan fingerprint density at radius 2 is 1.84 bits per heavy atom. The third-order valence-electron chi connectivity index (χ3n) is 3.60. The van der Waals surface area contributed by atoms with Crippen LogP contribution in [0.25, 0.3) is 0 Å². The van der Waals surface area contributed by atoms with Crippen LogP contribution in [0.4, 0.5) is 11.4 Å². The molecule has 19 heavy (non-hydrogen) atoms. The maximum Gasteiger partial charge on any atom is 0.153 e. The summed E-state index contributed by atoms with van der Waals surface area (Å²) < 4.78 is 5.95. The monoisotopic (exact) mass is 252 g/mol. The number of benzene rings is 2. The predicted molar refractivity (Wildman–Crippen MR) is 77.7 cm³/mol. The van der Waals surface area contributed by atoms with Gasteiger partial charge in [-0.3, -0.25) is 0 Å². The Hall–Kier alpha value is -1.96. The van der Waals surface area contributed by atoms with Crippen LogP contribution in [-0.2, 0) is 0 Å². The number of para-hydroxylation sites is 3. The van der Waals surface area contributed by atoms with E-state index < -0.39 is 0 Å². The van der Waals surface area contributed by atoms with Gasteiger partial charge in [-0.15, -0.1) is 0 Å². The SMILES string of the molecule is CCCC(C)c1cccc2c1[N]c1ccccc1O2. The van der Waals surface area contributed by atoms with Crippen LogP contribution in [0.5, 0.6) is 11.5 Å². The average molecular weight is 252 g/mol. The van der Waals surface area contributed by atoms with Crippen LogP contribution in [0.3, 0.4) is 0 Å². The minimum absolute atomic E-state index is 0.512. The first kappa shape index (κ1) is 12.1. The predicted octanol–water partition coefficient (Wildman–Crippen LogP) is 5.26. The Labute approximate surface area is 114 Å². The van der Waals surface area contributed by atoms with Gasteiger partial charge in [0.05, 0.1) is 0 Å². The Morgan fingerprint density at radius 3 is 2.68 bits per heavy atom. The molecule has 1 aliphatic heterocycles. The van der Waals surface area contributed by atoms with Crippen molar-refractivity contribution in [3.05, 3.63) is 48.0 Å². The lowest BCUT2D eigenvalue weighted by atomic mass is 9.94. The second-order valence-electron chi connectivity index (χ2n) is 5.07. The molecule has 0 aromatic heterocycles. The highest BCUT2D eigenvalue weighted by molar-refractivity contribution is 5.70. The highest BCUT2D eigenvalue weighted by Crippen LogP contribution is 2.45. The first-order chi connectivity index (χ1) is 9.29. The van der Waals surface area contributed by atoms with Gasteiger partial charge in [-0.1, -0.05) is 44.5 Å². The quantitative estimate of drug-likeness (QED) is 0.623. The highest BCUT2D eigenvalue weighted by atomic mass is 16.5. The average Bonchev–Trinajstić information content (AvgIpc) is 2.44. The van der Waals surface area contributed by atoms with E-state index >= 15 is 0 Å². The summed E-state index contributed by atoms with van der Waals surface area (Å²) in [5.41, 5.74) is 3.21. The molecule has 2 aromatic rings. The molecule has 1 heterocycles. The van der Waals surface area contributed by atoms with E-state index in [9.17, 15) is 0 Å². The van der Waals surface area contributed by atoms with E-state index in [1.165, 1.54) is 18.4 Å².